The summed E-state index contributed by atoms with van der Waals surface area (Å²) < 4.78 is 11.2. The number of fused-ring (bicyclic) bond motifs is 1. The van der Waals surface area contributed by atoms with Crippen LogP contribution in [0.3, 0.4) is 0 Å². The van der Waals surface area contributed by atoms with Crippen molar-refractivity contribution >= 4 is 5.91 Å². The summed E-state index contributed by atoms with van der Waals surface area (Å²) in [6, 6.07) is 6.17. The molecule has 5 nitrogen and oxygen atoms in total. The minimum Gasteiger partial charge on any atom is -0.486 e. The van der Waals surface area contributed by atoms with Crippen LogP contribution in [-0.4, -0.2) is 55.1 Å². The van der Waals surface area contributed by atoms with E-state index >= 15 is 0 Å². The third-order valence-electron chi connectivity index (χ3n) is 4.94. The van der Waals surface area contributed by atoms with E-state index in [9.17, 15) is 4.79 Å². The molecule has 3 rings (SSSR count). The summed E-state index contributed by atoms with van der Waals surface area (Å²) in [6.07, 6.45) is 2.09. The number of carbonyl (C=O) groups excluding carboxylic acids is 1. The molecule has 1 saturated heterocycles. The number of piperidine rings is 1. The van der Waals surface area contributed by atoms with Gasteiger partial charge in [-0.05, 0) is 50.9 Å². The first-order chi connectivity index (χ1) is 11.7. The second kappa shape index (κ2) is 7.88. The van der Waals surface area contributed by atoms with Crippen LogP contribution in [0.2, 0.25) is 0 Å². The number of benzene rings is 1. The number of carbonyl (C=O) groups is 1. The third kappa shape index (κ3) is 3.83. The van der Waals surface area contributed by atoms with Crippen molar-refractivity contribution < 1.29 is 14.3 Å². The van der Waals surface area contributed by atoms with Gasteiger partial charge in [-0.1, -0.05) is 6.07 Å². The Bertz CT molecular complexity index is 572. The summed E-state index contributed by atoms with van der Waals surface area (Å²) in [5, 5.41) is 0. The zero-order chi connectivity index (χ0) is 16.9. The Balaban J connectivity index is 1.62. The molecule has 132 valence electrons. The lowest BCUT2D eigenvalue weighted by Gasteiger charge is -2.34. The number of amides is 1. The molecule has 1 aromatic carbocycles. The average molecular weight is 332 g/mol. The van der Waals surface area contributed by atoms with E-state index in [0.717, 1.165) is 57.1 Å². The highest BCUT2D eigenvalue weighted by atomic mass is 16.6. The molecule has 2 aliphatic heterocycles. The van der Waals surface area contributed by atoms with Gasteiger partial charge in [0, 0.05) is 26.2 Å². The molecule has 5 heteroatoms. The van der Waals surface area contributed by atoms with E-state index in [0.29, 0.717) is 19.1 Å². The lowest BCUT2D eigenvalue weighted by molar-refractivity contribution is -0.137. The van der Waals surface area contributed by atoms with Gasteiger partial charge in [-0.15, -0.1) is 0 Å². The van der Waals surface area contributed by atoms with Crippen molar-refractivity contribution in [3.63, 3.8) is 0 Å². The Kier molecular flexibility index (Phi) is 5.61. The summed E-state index contributed by atoms with van der Waals surface area (Å²) in [4.78, 5) is 17.0. The topological polar surface area (TPSA) is 42.0 Å². The first-order valence-corrected chi connectivity index (χ1v) is 9.11. The number of hydrogen-bond donors (Lipinski definition) is 0. The highest BCUT2D eigenvalue weighted by Gasteiger charge is 2.28. The van der Waals surface area contributed by atoms with E-state index in [1.165, 1.54) is 5.56 Å². The highest BCUT2D eigenvalue weighted by Crippen LogP contribution is 2.31. The normalized spacial score (nSPS) is 20.7. The van der Waals surface area contributed by atoms with Gasteiger partial charge in [0.2, 0.25) is 5.91 Å². The molecule has 2 aliphatic rings. The van der Waals surface area contributed by atoms with Crippen molar-refractivity contribution in [2.45, 2.75) is 33.2 Å². The van der Waals surface area contributed by atoms with Gasteiger partial charge in [-0.25, -0.2) is 0 Å². The van der Waals surface area contributed by atoms with Crippen molar-refractivity contribution in [2.75, 3.05) is 39.4 Å². The molecule has 0 aliphatic carbocycles. The van der Waals surface area contributed by atoms with Crippen LogP contribution >= 0.6 is 0 Å². The molecule has 0 bridgehead atoms. The molecule has 24 heavy (non-hydrogen) atoms. The van der Waals surface area contributed by atoms with E-state index in [1.54, 1.807) is 0 Å². The van der Waals surface area contributed by atoms with E-state index in [1.807, 2.05) is 11.0 Å². The van der Waals surface area contributed by atoms with Crippen LogP contribution < -0.4 is 9.47 Å². The van der Waals surface area contributed by atoms with Gasteiger partial charge in [0.05, 0.1) is 5.92 Å². The molecule has 2 heterocycles. The third-order valence-corrected chi connectivity index (χ3v) is 4.94. The minimum absolute atomic E-state index is 0.135. The first-order valence-electron chi connectivity index (χ1n) is 9.11. The molecule has 0 radical (unpaired) electrons. The maximum Gasteiger partial charge on any atom is 0.226 e. The Hall–Kier alpha value is -1.75. The predicted molar refractivity (Wildman–Crippen MR) is 93.4 cm³/mol. The van der Waals surface area contributed by atoms with Crippen molar-refractivity contribution in [2.24, 2.45) is 5.92 Å². The van der Waals surface area contributed by atoms with Gasteiger partial charge < -0.3 is 14.4 Å². The minimum atomic E-state index is 0.135. The second-order valence-corrected chi connectivity index (χ2v) is 6.56. The number of likely N-dealkylation sites (tertiary alicyclic amines) is 1. The molecule has 0 N–H and O–H groups in total. The predicted octanol–water partition coefficient (Wildman–Crippen LogP) is 2.54. The fourth-order valence-electron chi connectivity index (χ4n) is 3.64. The Morgan fingerprint density at radius 1 is 1.21 bits per heavy atom. The summed E-state index contributed by atoms with van der Waals surface area (Å²) in [5.74, 6) is 2.12. The Morgan fingerprint density at radius 3 is 2.71 bits per heavy atom. The molecule has 1 amide bonds. The molecule has 1 unspecified atom stereocenters. The van der Waals surface area contributed by atoms with Gasteiger partial charge in [-0.2, -0.15) is 0 Å². The number of hydrogen-bond acceptors (Lipinski definition) is 4. The monoisotopic (exact) mass is 332 g/mol. The van der Waals surface area contributed by atoms with Gasteiger partial charge in [-0.3, -0.25) is 9.69 Å². The summed E-state index contributed by atoms with van der Waals surface area (Å²) >= 11 is 0. The van der Waals surface area contributed by atoms with Crippen LogP contribution in [0.15, 0.2) is 18.2 Å². The van der Waals surface area contributed by atoms with Crippen LogP contribution in [0, 0.1) is 5.92 Å². The summed E-state index contributed by atoms with van der Waals surface area (Å²) in [5.41, 5.74) is 1.22. The maximum atomic E-state index is 12.6. The van der Waals surface area contributed by atoms with Crippen LogP contribution in [-0.2, 0) is 11.3 Å². The fourth-order valence-corrected chi connectivity index (χ4v) is 3.64. The second-order valence-electron chi connectivity index (χ2n) is 6.56. The number of nitrogens with zero attached hydrogens (tertiary/aromatic N) is 2. The average Bonchev–Trinajstić information content (AvgIpc) is 2.63. The van der Waals surface area contributed by atoms with E-state index in [2.05, 4.69) is 30.9 Å². The van der Waals surface area contributed by atoms with Crippen molar-refractivity contribution in [3.05, 3.63) is 23.8 Å². The molecule has 1 atom stereocenters. The van der Waals surface area contributed by atoms with E-state index in [-0.39, 0.29) is 5.92 Å². The lowest BCUT2D eigenvalue weighted by Crippen LogP contribution is -2.44. The van der Waals surface area contributed by atoms with Crippen molar-refractivity contribution in [1.82, 2.24) is 9.80 Å². The van der Waals surface area contributed by atoms with Crippen molar-refractivity contribution in [1.29, 1.82) is 0 Å². The van der Waals surface area contributed by atoms with Gasteiger partial charge in [0.1, 0.15) is 13.2 Å². The highest BCUT2D eigenvalue weighted by molar-refractivity contribution is 5.79. The SMILES string of the molecule is CCN(CC)C(=O)C1CCCN(Cc2ccc3c(c2)OCCO3)C1. The smallest absolute Gasteiger partial charge is 0.226 e. The Morgan fingerprint density at radius 2 is 1.96 bits per heavy atom. The van der Waals surface area contributed by atoms with Gasteiger partial charge in [0.15, 0.2) is 11.5 Å². The summed E-state index contributed by atoms with van der Waals surface area (Å²) in [6.45, 7) is 9.70. The molecular weight excluding hydrogens is 304 g/mol. The zero-order valence-electron chi connectivity index (χ0n) is 14.8. The van der Waals surface area contributed by atoms with Crippen molar-refractivity contribution in [3.8, 4) is 11.5 Å². The molecular formula is C19H28N2O3. The van der Waals surface area contributed by atoms with E-state index in [4.69, 9.17) is 9.47 Å². The molecule has 1 fully saturated rings. The standard InChI is InChI=1S/C19H28N2O3/c1-3-21(4-2)19(22)16-6-5-9-20(14-16)13-15-7-8-17-18(12-15)24-11-10-23-17/h7-8,12,16H,3-6,9-11,13-14H2,1-2H3. The quantitative estimate of drug-likeness (QED) is 0.831. The largest absolute Gasteiger partial charge is 0.486 e. The summed E-state index contributed by atoms with van der Waals surface area (Å²) in [7, 11) is 0. The number of rotatable bonds is 5. The molecule has 0 saturated carbocycles. The fraction of sp³-hybridized carbons (Fsp3) is 0.632. The zero-order valence-corrected chi connectivity index (χ0v) is 14.8. The van der Waals surface area contributed by atoms with Crippen LogP contribution in [0.1, 0.15) is 32.3 Å². The van der Waals surface area contributed by atoms with Gasteiger partial charge in [0.25, 0.3) is 0 Å². The Labute approximate surface area is 144 Å². The molecule has 1 aromatic rings. The maximum absolute atomic E-state index is 12.6. The van der Waals surface area contributed by atoms with Crippen LogP contribution in [0.5, 0.6) is 11.5 Å². The van der Waals surface area contributed by atoms with Gasteiger partial charge >= 0.3 is 0 Å². The first kappa shape index (κ1) is 17.1. The van der Waals surface area contributed by atoms with Crippen LogP contribution in [0.4, 0.5) is 0 Å². The molecule has 0 aromatic heterocycles. The number of ether oxygens (including phenoxy) is 2. The molecule has 0 spiro atoms. The van der Waals surface area contributed by atoms with E-state index < -0.39 is 0 Å². The lowest BCUT2D eigenvalue weighted by atomic mass is 9.96. The van der Waals surface area contributed by atoms with Crippen LogP contribution in [0.25, 0.3) is 0 Å².